The highest BCUT2D eigenvalue weighted by atomic mass is 32.2. The van der Waals surface area contributed by atoms with Gasteiger partial charge >= 0.3 is 5.97 Å². The Balaban J connectivity index is 1.10. The van der Waals surface area contributed by atoms with E-state index in [2.05, 4.69) is 5.32 Å². The van der Waals surface area contributed by atoms with Crippen molar-refractivity contribution < 1.29 is 33.7 Å². The number of aromatic nitrogens is 1. The number of hydrogen-bond acceptors (Lipinski definition) is 8. The maximum absolute atomic E-state index is 12.2. The van der Waals surface area contributed by atoms with Crippen LogP contribution in [0.25, 0.3) is 33.7 Å². The molecule has 1 fully saturated rings. The van der Waals surface area contributed by atoms with Gasteiger partial charge in [0.25, 0.3) is 5.22 Å². The maximum atomic E-state index is 12.2. The van der Waals surface area contributed by atoms with Crippen molar-refractivity contribution in [3.05, 3.63) is 156 Å². The SMILES string of the molecule is O=C(O)CCC(=O)NCc1ccccc1-c1ccc(C2OC(CSc3nc(-c4ccccc4)c(-c4ccccc4)o3)CC(c3ccc(CO)cc3)O2)cc1. The van der Waals surface area contributed by atoms with Gasteiger partial charge in [-0.1, -0.05) is 145 Å². The summed E-state index contributed by atoms with van der Waals surface area (Å²) in [7, 11) is 0. The summed E-state index contributed by atoms with van der Waals surface area (Å²) in [5.74, 6) is -0.00726. The van der Waals surface area contributed by atoms with E-state index in [0.29, 0.717) is 17.4 Å². The highest BCUT2D eigenvalue weighted by Crippen LogP contribution is 2.41. The third-order valence-corrected chi connectivity index (χ3v) is 10.2. The third kappa shape index (κ3) is 9.15. The molecule has 3 unspecified atom stereocenters. The Kier molecular flexibility index (Phi) is 12.0. The van der Waals surface area contributed by atoms with Crippen molar-refractivity contribution in [1.29, 1.82) is 0 Å². The van der Waals surface area contributed by atoms with Gasteiger partial charge in [-0.25, -0.2) is 4.98 Å². The third-order valence-electron chi connectivity index (χ3n) is 9.25. The number of aliphatic hydroxyl groups is 1. The van der Waals surface area contributed by atoms with Gasteiger partial charge in [0, 0.05) is 41.8 Å². The zero-order valence-corrected chi connectivity index (χ0v) is 30.3. The van der Waals surface area contributed by atoms with E-state index >= 15 is 0 Å². The maximum Gasteiger partial charge on any atom is 0.303 e. The quantitative estimate of drug-likeness (QED) is 0.0937. The molecule has 10 heteroatoms. The normalized spacial score (nSPS) is 16.9. The number of carbonyl (C=O) groups excluding carboxylic acids is 1. The first-order valence-electron chi connectivity index (χ1n) is 17.9. The van der Waals surface area contributed by atoms with E-state index in [-0.39, 0.29) is 44.1 Å². The molecule has 3 N–H and O–H groups in total. The monoisotopic (exact) mass is 740 g/mol. The summed E-state index contributed by atoms with van der Waals surface area (Å²) >= 11 is 1.51. The minimum Gasteiger partial charge on any atom is -0.481 e. The van der Waals surface area contributed by atoms with Gasteiger partial charge in [0.15, 0.2) is 12.1 Å². The second kappa shape index (κ2) is 17.5. The van der Waals surface area contributed by atoms with Crippen LogP contribution in [-0.4, -0.2) is 38.9 Å². The number of carboxylic acid groups (broad SMARTS) is 1. The minimum atomic E-state index is -1.00. The summed E-state index contributed by atoms with van der Waals surface area (Å²) in [6, 6.07) is 43.7. The van der Waals surface area contributed by atoms with Crippen molar-refractivity contribution in [2.45, 2.75) is 56.1 Å². The van der Waals surface area contributed by atoms with Gasteiger partial charge in [0.05, 0.1) is 25.2 Å². The van der Waals surface area contributed by atoms with E-state index in [4.69, 9.17) is 24.0 Å². The Hall–Kier alpha value is -5.52. The van der Waals surface area contributed by atoms with Crippen LogP contribution in [-0.2, 0) is 32.2 Å². The number of oxazole rings is 1. The molecule has 9 nitrogen and oxygen atoms in total. The van der Waals surface area contributed by atoms with Crippen LogP contribution in [0.15, 0.2) is 143 Å². The fourth-order valence-corrected chi connectivity index (χ4v) is 7.25. The predicted molar refractivity (Wildman–Crippen MR) is 207 cm³/mol. The molecule has 3 atom stereocenters. The average molecular weight is 741 g/mol. The number of thioether (sulfide) groups is 1. The van der Waals surface area contributed by atoms with Crippen molar-refractivity contribution >= 4 is 23.6 Å². The zero-order valence-electron chi connectivity index (χ0n) is 29.5. The van der Waals surface area contributed by atoms with Crippen LogP contribution < -0.4 is 5.32 Å². The number of carboxylic acids is 1. The number of benzene rings is 5. The summed E-state index contributed by atoms with van der Waals surface area (Å²) in [5, 5.41) is 21.9. The topological polar surface area (TPSA) is 131 Å². The molecule has 0 bridgehead atoms. The van der Waals surface area contributed by atoms with Crippen LogP contribution in [0.1, 0.15) is 53.9 Å². The summed E-state index contributed by atoms with van der Waals surface area (Å²) < 4.78 is 19.6. The van der Waals surface area contributed by atoms with Crippen LogP contribution in [0.2, 0.25) is 0 Å². The summed E-state index contributed by atoms with van der Waals surface area (Å²) in [6.45, 7) is 0.251. The number of rotatable bonds is 14. The van der Waals surface area contributed by atoms with Gasteiger partial charge in [-0.3, -0.25) is 9.59 Å². The molecule has 2 heterocycles. The van der Waals surface area contributed by atoms with E-state index < -0.39 is 12.3 Å². The molecule has 0 aliphatic carbocycles. The average Bonchev–Trinajstić information content (AvgIpc) is 3.66. The highest BCUT2D eigenvalue weighted by Gasteiger charge is 2.33. The van der Waals surface area contributed by atoms with Gasteiger partial charge in [-0.15, -0.1) is 0 Å². The molecule has 0 spiro atoms. The van der Waals surface area contributed by atoms with Crippen LogP contribution >= 0.6 is 11.8 Å². The summed E-state index contributed by atoms with van der Waals surface area (Å²) in [5.41, 5.74) is 8.25. The molecule has 1 saturated heterocycles. The van der Waals surface area contributed by atoms with E-state index in [0.717, 1.165) is 56.0 Å². The van der Waals surface area contributed by atoms with Crippen LogP contribution in [0.5, 0.6) is 0 Å². The van der Waals surface area contributed by atoms with Gasteiger partial charge in [0.1, 0.15) is 5.69 Å². The number of nitrogens with one attached hydrogen (secondary N) is 1. The lowest BCUT2D eigenvalue weighted by atomic mass is 9.97. The Morgan fingerprint density at radius 3 is 2.11 bits per heavy atom. The molecular weight excluding hydrogens is 701 g/mol. The van der Waals surface area contributed by atoms with Crippen LogP contribution in [0.3, 0.4) is 0 Å². The van der Waals surface area contributed by atoms with Crippen LogP contribution in [0.4, 0.5) is 0 Å². The summed E-state index contributed by atoms with van der Waals surface area (Å²) in [6.07, 6.45) is -0.761. The van der Waals surface area contributed by atoms with Crippen molar-refractivity contribution in [2.75, 3.05) is 5.75 Å². The van der Waals surface area contributed by atoms with Crippen molar-refractivity contribution in [3.63, 3.8) is 0 Å². The second-order valence-electron chi connectivity index (χ2n) is 13.0. The van der Waals surface area contributed by atoms with Crippen molar-refractivity contribution in [2.24, 2.45) is 0 Å². The van der Waals surface area contributed by atoms with E-state index in [1.807, 2.05) is 133 Å². The first kappa shape index (κ1) is 36.8. The molecule has 6 aromatic rings. The fourth-order valence-electron chi connectivity index (χ4n) is 6.40. The van der Waals surface area contributed by atoms with E-state index in [1.54, 1.807) is 0 Å². The number of carbonyl (C=O) groups is 2. The van der Waals surface area contributed by atoms with E-state index in [1.165, 1.54) is 11.8 Å². The Morgan fingerprint density at radius 1 is 0.741 bits per heavy atom. The number of nitrogens with zero attached hydrogens (tertiary/aromatic N) is 1. The number of aliphatic carboxylic acids is 1. The molecule has 0 saturated carbocycles. The standard InChI is InChI=1S/C44H40N2O7S/c47-27-29-15-17-31(18-16-29)38-25-36(28-54-44-46-41(32-9-3-1-4-10-32)42(53-44)33-11-5-2-6-12-33)51-43(52-38)34-21-19-30(20-22-34)37-14-8-7-13-35(37)26-45-39(48)23-24-40(49)50/h1-22,36,38,43,47H,23-28H2,(H,45,48)(H,49,50). The van der Waals surface area contributed by atoms with Gasteiger partial charge in [0.2, 0.25) is 5.91 Å². The number of aliphatic hydroxyl groups excluding tert-OH is 1. The first-order valence-corrected chi connectivity index (χ1v) is 18.8. The zero-order chi connectivity index (χ0) is 37.3. The van der Waals surface area contributed by atoms with Crippen molar-refractivity contribution in [3.8, 4) is 33.7 Å². The fraction of sp³-hybridized carbons (Fsp3) is 0.205. The predicted octanol–water partition coefficient (Wildman–Crippen LogP) is 8.99. The molecule has 1 aliphatic heterocycles. The van der Waals surface area contributed by atoms with Crippen molar-refractivity contribution in [1.82, 2.24) is 10.3 Å². The van der Waals surface area contributed by atoms with Gasteiger partial charge in [-0.2, -0.15) is 0 Å². The second-order valence-corrected chi connectivity index (χ2v) is 14.0. The highest BCUT2D eigenvalue weighted by molar-refractivity contribution is 7.99. The molecular formula is C44H40N2O7S. The molecule has 1 amide bonds. The molecule has 7 rings (SSSR count). The lowest BCUT2D eigenvalue weighted by molar-refractivity contribution is -0.245. The summed E-state index contributed by atoms with van der Waals surface area (Å²) in [4.78, 5) is 28.0. The van der Waals surface area contributed by atoms with Crippen LogP contribution in [0, 0.1) is 0 Å². The molecule has 1 aliphatic rings. The first-order chi connectivity index (χ1) is 26.4. The Morgan fingerprint density at radius 2 is 1.41 bits per heavy atom. The number of amides is 1. The largest absolute Gasteiger partial charge is 0.481 e. The molecule has 274 valence electrons. The lowest BCUT2D eigenvalue weighted by Crippen LogP contribution is -2.31. The molecule has 5 aromatic carbocycles. The Bertz CT molecular complexity index is 2100. The molecule has 1 aromatic heterocycles. The number of hydrogen-bond donors (Lipinski definition) is 3. The number of ether oxygens (including phenoxy) is 2. The molecule has 54 heavy (non-hydrogen) atoms. The van der Waals surface area contributed by atoms with Gasteiger partial charge < -0.3 is 29.4 Å². The minimum absolute atomic E-state index is 0.0323. The van der Waals surface area contributed by atoms with E-state index in [9.17, 15) is 14.7 Å². The Labute approximate surface area is 318 Å². The smallest absolute Gasteiger partial charge is 0.303 e. The van der Waals surface area contributed by atoms with Gasteiger partial charge in [-0.05, 0) is 27.8 Å². The lowest BCUT2D eigenvalue weighted by Gasteiger charge is -2.36. The molecule has 0 radical (unpaired) electrons.